The molecular formula is C32H28N6O2S2. The zero-order chi connectivity index (χ0) is 28.7. The smallest absolute Gasteiger partial charge is 0.289 e. The second-order valence-electron chi connectivity index (χ2n) is 9.61. The van der Waals surface area contributed by atoms with Crippen LogP contribution < -0.4 is 10.6 Å². The topological polar surface area (TPSA) is 89.4 Å². The molecule has 2 N–H and O–H groups in total. The van der Waals surface area contributed by atoms with E-state index in [1.807, 2.05) is 121 Å². The first-order valence-corrected chi connectivity index (χ1v) is 15.2. The summed E-state index contributed by atoms with van der Waals surface area (Å²) in [7, 11) is 0. The monoisotopic (exact) mass is 592 g/mol. The van der Waals surface area contributed by atoms with Crippen molar-refractivity contribution in [2.45, 2.75) is 23.8 Å². The molecule has 2 saturated heterocycles. The van der Waals surface area contributed by atoms with Crippen molar-refractivity contribution < 1.29 is 9.59 Å². The molecule has 6 rings (SSSR count). The van der Waals surface area contributed by atoms with Gasteiger partial charge in [0.2, 0.25) is 0 Å². The molecule has 4 aromatic carbocycles. The molecule has 0 spiro atoms. The lowest BCUT2D eigenvalue weighted by Crippen LogP contribution is -2.36. The minimum absolute atomic E-state index is 0.122. The Bertz CT molecular complexity index is 1470. The third kappa shape index (κ3) is 6.50. The standard InChI is InChI=1S/C32H28N6O2S2/c39-31-37(21-23-13-5-1-6-14-23)27(29(41-31)33-25-17-9-3-10-18-25)35-36-28-30(34-26-19-11-4-12-20-26)42-32(40)38(28)22-24-15-7-2-8-16-24/h1-20,29-30,33-34H,21-22H2. The summed E-state index contributed by atoms with van der Waals surface area (Å²) in [5.74, 6) is 0.959. The number of carbonyl (C=O) groups excluding carboxylic acids is 2. The van der Waals surface area contributed by atoms with E-state index in [2.05, 4.69) is 10.6 Å². The lowest BCUT2D eigenvalue weighted by molar-refractivity contribution is 0.242. The predicted molar refractivity (Wildman–Crippen MR) is 173 cm³/mol. The summed E-state index contributed by atoms with van der Waals surface area (Å²) in [6, 6.07) is 39.0. The Hall–Kier alpha value is -4.54. The van der Waals surface area contributed by atoms with Crippen LogP contribution in [0.5, 0.6) is 0 Å². The van der Waals surface area contributed by atoms with E-state index in [0.717, 1.165) is 46.0 Å². The third-order valence-electron chi connectivity index (χ3n) is 6.67. The van der Waals surface area contributed by atoms with Crippen LogP contribution in [0.4, 0.5) is 21.0 Å². The fraction of sp³-hybridized carbons (Fsp3) is 0.125. The quantitative estimate of drug-likeness (QED) is 0.198. The third-order valence-corrected chi connectivity index (χ3v) is 8.64. The summed E-state index contributed by atoms with van der Waals surface area (Å²) in [6.45, 7) is 0.715. The number of nitrogens with zero attached hydrogens (tertiary/aromatic N) is 4. The van der Waals surface area contributed by atoms with Gasteiger partial charge in [-0.2, -0.15) is 0 Å². The van der Waals surface area contributed by atoms with Gasteiger partial charge in [0.05, 0.1) is 13.1 Å². The highest BCUT2D eigenvalue weighted by Gasteiger charge is 2.40. The van der Waals surface area contributed by atoms with Crippen molar-refractivity contribution in [1.82, 2.24) is 9.80 Å². The minimum Gasteiger partial charge on any atom is -0.367 e. The molecule has 2 aliphatic rings. The summed E-state index contributed by atoms with van der Waals surface area (Å²) in [6.07, 6.45) is 0. The lowest BCUT2D eigenvalue weighted by atomic mass is 10.2. The fourth-order valence-corrected chi connectivity index (χ4v) is 6.53. The zero-order valence-electron chi connectivity index (χ0n) is 22.5. The first-order chi connectivity index (χ1) is 20.6. The minimum atomic E-state index is -0.458. The molecule has 8 nitrogen and oxygen atoms in total. The van der Waals surface area contributed by atoms with Crippen molar-refractivity contribution in [3.8, 4) is 0 Å². The molecule has 0 aromatic heterocycles. The molecule has 0 radical (unpaired) electrons. The number of benzene rings is 4. The highest BCUT2D eigenvalue weighted by atomic mass is 32.2. The molecule has 210 valence electrons. The van der Waals surface area contributed by atoms with Gasteiger partial charge in [0, 0.05) is 11.4 Å². The first kappa shape index (κ1) is 27.6. The van der Waals surface area contributed by atoms with Crippen LogP contribution in [-0.4, -0.2) is 42.7 Å². The van der Waals surface area contributed by atoms with Crippen molar-refractivity contribution in [2.24, 2.45) is 10.2 Å². The molecule has 0 bridgehead atoms. The number of hydrogen-bond acceptors (Lipinski definition) is 8. The number of anilines is 2. The van der Waals surface area contributed by atoms with Crippen LogP contribution in [-0.2, 0) is 13.1 Å². The molecule has 2 heterocycles. The molecule has 10 heteroatoms. The molecule has 0 aliphatic carbocycles. The molecule has 0 saturated carbocycles. The summed E-state index contributed by atoms with van der Waals surface area (Å²) in [4.78, 5) is 29.9. The van der Waals surface area contributed by atoms with Crippen LogP contribution in [0.15, 0.2) is 132 Å². The van der Waals surface area contributed by atoms with E-state index in [4.69, 9.17) is 10.2 Å². The maximum Gasteiger partial charge on any atom is 0.289 e. The molecule has 2 fully saturated rings. The van der Waals surface area contributed by atoms with Crippen LogP contribution in [0.1, 0.15) is 11.1 Å². The normalized spacial score (nSPS) is 20.5. The van der Waals surface area contributed by atoms with Gasteiger partial charge in [0.1, 0.15) is 10.7 Å². The van der Waals surface area contributed by atoms with Gasteiger partial charge < -0.3 is 10.6 Å². The first-order valence-electron chi connectivity index (χ1n) is 13.5. The molecule has 4 aromatic rings. The van der Waals surface area contributed by atoms with Gasteiger partial charge in [-0.25, -0.2) is 0 Å². The largest absolute Gasteiger partial charge is 0.367 e. The van der Waals surface area contributed by atoms with E-state index < -0.39 is 10.7 Å². The number of amidine groups is 2. The summed E-state index contributed by atoms with van der Waals surface area (Å²) in [5.41, 5.74) is 3.69. The average molecular weight is 593 g/mol. The van der Waals surface area contributed by atoms with Crippen molar-refractivity contribution in [2.75, 3.05) is 10.6 Å². The fourth-order valence-electron chi connectivity index (χ4n) is 4.60. The average Bonchev–Trinajstić information content (AvgIpc) is 3.47. The predicted octanol–water partition coefficient (Wildman–Crippen LogP) is 7.31. The zero-order valence-corrected chi connectivity index (χ0v) is 24.2. The second kappa shape index (κ2) is 13.0. The van der Waals surface area contributed by atoms with E-state index in [-0.39, 0.29) is 10.5 Å². The van der Waals surface area contributed by atoms with Gasteiger partial charge in [-0.05, 0) is 58.9 Å². The number of para-hydroxylation sites is 2. The van der Waals surface area contributed by atoms with Gasteiger partial charge in [-0.1, -0.05) is 97.1 Å². The molecule has 2 aliphatic heterocycles. The molecular weight excluding hydrogens is 565 g/mol. The number of thioether (sulfide) groups is 2. The summed E-state index contributed by atoms with van der Waals surface area (Å²) < 4.78 is 0. The second-order valence-corrected chi connectivity index (χ2v) is 11.7. The number of nitrogens with one attached hydrogen (secondary N) is 2. The Morgan fingerprint density at radius 1 is 0.524 bits per heavy atom. The van der Waals surface area contributed by atoms with E-state index in [9.17, 15) is 9.59 Å². The maximum absolute atomic E-state index is 13.3. The Kier molecular flexibility index (Phi) is 8.53. The summed E-state index contributed by atoms with van der Waals surface area (Å²) >= 11 is 2.32. The molecule has 2 atom stereocenters. The van der Waals surface area contributed by atoms with E-state index in [0.29, 0.717) is 24.8 Å². The lowest BCUT2D eigenvalue weighted by Gasteiger charge is -2.20. The van der Waals surface area contributed by atoms with Crippen molar-refractivity contribution in [1.29, 1.82) is 0 Å². The number of rotatable bonds is 9. The number of hydrogen-bond donors (Lipinski definition) is 2. The van der Waals surface area contributed by atoms with Crippen molar-refractivity contribution in [3.63, 3.8) is 0 Å². The number of amides is 2. The highest BCUT2D eigenvalue weighted by Crippen LogP contribution is 2.33. The Morgan fingerprint density at radius 2 is 0.857 bits per heavy atom. The van der Waals surface area contributed by atoms with Crippen LogP contribution in [0.2, 0.25) is 0 Å². The van der Waals surface area contributed by atoms with Gasteiger partial charge >= 0.3 is 0 Å². The Balaban J connectivity index is 1.37. The number of carbonyl (C=O) groups is 2. The summed E-state index contributed by atoms with van der Waals surface area (Å²) in [5, 5.41) is 15.1. The van der Waals surface area contributed by atoms with Crippen molar-refractivity contribution >= 4 is 57.0 Å². The van der Waals surface area contributed by atoms with Crippen LogP contribution >= 0.6 is 23.5 Å². The maximum atomic E-state index is 13.3. The van der Waals surface area contributed by atoms with Crippen LogP contribution in [0.25, 0.3) is 0 Å². The van der Waals surface area contributed by atoms with Crippen molar-refractivity contribution in [3.05, 3.63) is 132 Å². The van der Waals surface area contributed by atoms with Gasteiger partial charge in [-0.15, -0.1) is 10.2 Å². The van der Waals surface area contributed by atoms with Gasteiger partial charge in [0.15, 0.2) is 11.7 Å². The highest BCUT2D eigenvalue weighted by molar-refractivity contribution is 8.15. The Labute approximate surface area is 252 Å². The SMILES string of the molecule is O=C1SC(Nc2ccccc2)C(=NN=C2C(Nc3ccccc3)SC(=O)N2Cc2ccccc2)N1Cc1ccccc1. The molecule has 2 amide bonds. The van der Waals surface area contributed by atoms with Gasteiger partial charge in [0.25, 0.3) is 10.5 Å². The molecule has 42 heavy (non-hydrogen) atoms. The van der Waals surface area contributed by atoms with Crippen LogP contribution in [0, 0.1) is 0 Å². The van der Waals surface area contributed by atoms with E-state index in [1.165, 1.54) is 0 Å². The Morgan fingerprint density at radius 3 is 1.21 bits per heavy atom. The molecule has 2 unspecified atom stereocenters. The van der Waals surface area contributed by atoms with Gasteiger partial charge in [-0.3, -0.25) is 19.4 Å². The van der Waals surface area contributed by atoms with E-state index >= 15 is 0 Å². The van der Waals surface area contributed by atoms with E-state index in [1.54, 1.807) is 9.80 Å². The van der Waals surface area contributed by atoms with Crippen LogP contribution in [0.3, 0.4) is 0 Å².